The van der Waals surface area contributed by atoms with Crippen LogP contribution in [-0.4, -0.2) is 15.5 Å². The first-order chi connectivity index (χ1) is 14.7. The number of imidazole rings is 1. The number of carbonyl (C=O) groups is 1. The van der Waals surface area contributed by atoms with Crippen LogP contribution >= 0.6 is 0 Å². The van der Waals surface area contributed by atoms with Crippen molar-refractivity contribution >= 4 is 28.6 Å². The Bertz CT molecular complexity index is 1250. The minimum atomic E-state index is -0.104. The monoisotopic (exact) mass is 392 g/mol. The Morgan fingerprint density at radius 3 is 2.40 bits per heavy atom. The summed E-state index contributed by atoms with van der Waals surface area (Å²) < 4.78 is 1.99. The highest BCUT2D eigenvalue weighted by atomic mass is 16.2. The van der Waals surface area contributed by atoms with E-state index < -0.39 is 0 Å². The molecule has 2 N–H and O–H groups in total. The van der Waals surface area contributed by atoms with Gasteiger partial charge in [0, 0.05) is 41.9 Å². The zero-order valence-corrected chi connectivity index (χ0v) is 16.5. The predicted octanol–water partition coefficient (Wildman–Crippen LogP) is 5.02. The van der Waals surface area contributed by atoms with Crippen molar-refractivity contribution in [1.82, 2.24) is 9.55 Å². The third-order valence-electron chi connectivity index (χ3n) is 5.22. The van der Waals surface area contributed by atoms with Crippen molar-refractivity contribution in [3.8, 4) is 11.4 Å². The number of hydrogen-bond donors (Lipinski definition) is 2. The average Bonchev–Trinajstić information content (AvgIpc) is 3.35. The third kappa shape index (κ3) is 3.16. The number of nitrogens with zero attached hydrogens (tertiary/aromatic N) is 2. The Hall–Kier alpha value is -4.12. The van der Waals surface area contributed by atoms with E-state index in [2.05, 4.69) is 15.6 Å². The third-order valence-corrected chi connectivity index (χ3v) is 5.22. The van der Waals surface area contributed by atoms with E-state index in [0.29, 0.717) is 5.57 Å². The molecular formula is C25H20N4O. The molecule has 2 heterocycles. The fraction of sp³-hybridized carbons (Fsp3) is 0.0400. The number of aromatic nitrogens is 2. The molecule has 0 bridgehead atoms. The summed E-state index contributed by atoms with van der Waals surface area (Å²) >= 11 is 0. The number of para-hydroxylation sites is 1. The average molecular weight is 392 g/mol. The van der Waals surface area contributed by atoms with Gasteiger partial charge in [0.05, 0.1) is 11.3 Å². The lowest BCUT2D eigenvalue weighted by Crippen LogP contribution is -2.10. The lowest BCUT2D eigenvalue weighted by Gasteiger charge is -2.15. The molecule has 0 saturated heterocycles. The van der Waals surface area contributed by atoms with Gasteiger partial charge in [0.15, 0.2) is 0 Å². The molecular weight excluding hydrogens is 372 g/mol. The number of carbonyl (C=O) groups excluding carboxylic acids is 1. The minimum absolute atomic E-state index is 0.104. The lowest BCUT2D eigenvalue weighted by molar-refractivity contribution is -0.110. The van der Waals surface area contributed by atoms with E-state index in [1.807, 2.05) is 96.7 Å². The second-order valence-corrected chi connectivity index (χ2v) is 7.18. The van der Waals surface area contributed by atoms with Gasteiger partial charge in [0.2, 0.25) is 0 Å². The molecule has 146 valence electrons. The molecule has 1 amide bonds. The van der Waals surface area contributed by atoms with Gasteiger partial charge in [-0.05, 0) is 35.9 Å². The van der Waals surface area contributed by atoms with Gasteiger partial charge >= 0.3 is 0 Å². The molecule has 5 nitrogen and oxygen atoms in total. The summed E-state index contributed by atoms with van der Waals surface area (Å²) in [5, 5.41) is 6.46. The van der Waals surface area contributed by atoms with Crippen molar-refractivity contribution in [3.63, 3.8) is 0 Å². The quantitative estimate of drug-likeness (QED) is 0.480. The highest BCUT2D eigenvalue weighted by Crippen LogP contribution is 2.37. The summed E-state index contributed by atoms with van der Waals surface area (Å²) in [4.78, 5) is 17.3. The fourth-order valence-corrected chi connectivity index (χ4v) is 3.74. The van der Waals surface area contributed by atoms with Crippen molar-refractivity contribution < 1.29 is 4.79 Å². The van der Waals surface area contributed by atoms with Crippen molar-refractivity contribution in [1.29, 1.82) is 0 Å². The van der Waals surface area contributed by atoms with Gasteiger partial charge in [-0.25, -0.2) is 4.98 Å². The maximum Gasteiger partial charge on any atom is 0.258 e. The van der Waals surface area contributed by atoms with E-state index in [1.54, 1.807) is 6.20 Å². The zero-order chi connectivity index (χ0) is 20.5. The summed E-state index contributed by atoms with van der Waals surface area (Å²) in [5.41, 5.74) is 6.04. The number of anilines is 2. The number of fused-ring (bicyclic) bond motifs is 1. The van der Waals surface area contributed by atoms with E-state index in [1.165, 1.54) is 0 Å². The molecule has 1 aliphatic heterocycles. The van der Waals surface area contributed by atoms with Crippen molar-refractivity contribution in [2.75, 3.05) is 10.6 Å². The summed E-state index contributed by atoms with van der Waals surface area (Å²) in [6, 6.07) is 25.8. The molecule has 5 rings (SSSR count). The fourth-order valence-electron chi connectivity index (χ4n) is 3.74. The first kappa shape index (κ1) is 17.9. The summed E-state index contributed by atoms with van der Waals surface area (Å²) in [6.07, 6.45) is 3.71. The number of benzene rings is 3. The molecule has 30 heavy (non-hydrogen) atoms. The van der Waals surface area contributed by atoms with Crippen LogP contribution in [0.5, 0.6) is 0 Å². The summed E-state index contributed by atoms with van der Waals surface area (Å²) in [6.45, 7) is 0. The Balaban J connectivity index is 1.58. The number of amides is 1. The van der Waals surface area contributed by atoms with Crippen molar-refractivity contribution in [2.45, 2.75) is 0 Å². The van der Waals surface area contributed by atoms with Crippen LogP contribution in [0, 0.1) is 0 Å². The number of hydrogen-bond acceptors (Lipinski definition) is 3. The van der Waals surface area contributed by atoms with Crippen LogP contribution in [0.4, 0.5) is 11.4 Å². The van der Waals surface area contributed by atoms with Crippen LogP contribution in [0.15, 0.2) is 91.3 Å². The molecule has 3 aromatic carbocycles. The van der Waals surface area contributed by atoms with Gasteiger partial charge in [-0.2, -0.15) is 0 Å². The number of nitrogens with one attached hydrogen (secondary N) is 2. The van der Waals surface area contributed by atoms with Crippen LogP contribution in [0.3, 0.4) is 0 Å². The lowest BCUT2D eigenvalue weighted by atomic mass is 10.00. The van der Waals surface area contributed by atoms with Crippen LogP contribution in [-0.2, 0) is 11.8 Å². The van der Waals surface area contributed by atoms with Crippen LogP contribution in [0.2, 0.25) is 0 Å². The zero-order valence-electron chi connectivity index (χ0n) is 16.5. The first-order valence-corrected chi connectivity index (χ1v) is 9.76. The highest BCUT2D eigenvalue weighted by Gasteiger charge is 2.28. The van der Waals surface area contributed by atoms with Gasteiger partial charge in [-0.1, -0.05) is 48.5 Å². The molecule has 0 atom stereocenters. The molecule has 1 aliphatic rings. The van der Waals surface area contributed by atoms with Gasteiger partial charge in [0.25, 0.3) is 5.91 Å². The molecule has 0 unspecified atom stereocenters. The van der Waals surface area contributed by atoms with E-state index in [0.717, 1.165) is 39.6 Å². The smallest absolute Gasteiger partial charge is 0.258 e. The standard InChI is InChI=1S/C25H20N4O/c1-29-16-15-26-24(29)18-11-13-19(14-12-18)27-23(17-7-3-2-4-8-17)22-20-9-5-6-10-21(20)28-25(22)30/h2-16,27H,1H3,(H,28,30)/b23-22-. The number of aryl methyl sites for hydroxylation is 1. The minimum Gasteiger partial charge on any atom is -0.354 e. The largest absolute Gasteiger partial charge is 0.354 e. The maximum absolute atomic E-state index is 12.9. The van der Waals surface area contributed by atoms with Gasteiger partial charge < -0.3 is 15.2 Å². The molecule has 5 heteroatoms. The molecule has 0 saturated carbocycles. The summed E-state index contributed by atoms with van der Waals surface area (Å²) in [5.74, 6) is 0.805. The SMILES string of the molecule is Cn1ccnc1-c1ccc(N/C(=C2\C(=O)Nc3ccccc32)c2ccccc2)cc1. The maximum atomic E-state index is 12.9. The Morgan fingerprint density at radius 1 is 0.933 bits per heavy atom. The molecule has 1 aromatic heterocycles. The van der Waals surface area contributed by atoms with Gasteiger partial charge in [-0.3, -0.25) is 4.79 Å². The Morgan fingerprint density at radius 2 is 1.67 bits per heavy atom. The molecule has 0 spiro atoms. The van der Waals surface area contributed by atoms with Crippen LogP contribution in [0.25, 0.3) is 22.7 Å². The van der Waals surface area contributed by atoms with Gasteiger partial charge in [-0.15, -0.1) is 0 Å². The molecule has 0 fully saturated rings. The Labute approximate surface area is 174 Å². The first-order valence-electron chi connectivity index (χ1n) is 9.76. The second-order valence-electron chi connectivity index (χ2n) is 7.18. The predicted molar refractivity (Wildman–Crippen MR) is 121 cm³/mol. The number of rotatable bonds is 4. The van der Waals surface area contributed by atoms with Crippen molar-refractivity contribution in [2.24, 2.45) is 7.05 Å². The topological polar surface area (TPSA) is 59.0 Å². The molecule has 4 aromatic rings. The normalized spacial score (nSPS) is 14.2. The molecule has 0 aliphatic carbocycles. The van der Waals surface area contributed by atoms with E-state index >= 15 is 0 Å². The van der Waals surface area contributed by atoms with Crippen LogP contribution in [0.1, 0.15) is 11.1 Å². The van der Waals surface area contributed by atoms with E-state index in [4.69, 9.17) is 0 Å². The highest BCUT2D eigenvalue weighted by molar-refractivity contribution is 6.37. The van der Waals surface area contributed by atoms with E-state index in [9.17, 15) is 4.79 Å². The van der Waals surface area contributed by atoms with Crippen LogP contribution < -0.4 is 10.6 Å². The van der Waals surface area contributed by atoms with E-state index in [-0.39, 0.29) is 5.91 Å². The second kappa shape index (κ2) is 7.37. The van der Waals surface area contributed by atoms with Crippen molar-refractivity contribution in [3.05, 3.63) is 102 Å². The van der Waals surface area contributed by atoms with Gasteiger partial charge in [0.1, 0.15) is 5.82 Å². The molecule has 0 radical (unpaired) electrons. The Kier molecular flexibility index (Phi) is 4.41. The summed E-state index contributed by atoms with van der Waals surface area (Å²) in [7, 11) is 1.97.